The minimum Gasteiger partial charge on any atom is -0.376 e. The Morgan fingerprint density at radius 2 is 1.50 bits per heavy atom. The predicted molar refractivity (Wildman–Crippen MR) is 105 cm³/mol. The third kappa shape index (κ3) is 4.24. The van der Waals surface area contributed by atoms with E-state index in [9.17, 15) is 0 Å². The molecule has 3 nitrogen and oxygen atoms in total. The lowest BCUT2D eigenvalue weighted by molar-refractivity contribution is 0.613. The molecule has 0 fully saturated rings. The van der Waals surface area contributed by atoms with Crippen LogP contribution in [-0.4, -0.2) is 5.54 Å². The number of anilines is 2. The highest BCUT2D eigenvalue weighted by molar-refractivity contribution is 14.1. The largest absolute Gasteiger partial charge is 0.376 e. The summed E-state index contributed by atoms with van der Waals surface area (Å²) < 4.78 is 2.89. The first kappa shape index (κ1) is 16.8. The van der Waals surface area contributed by atoms with Gasteiger partial charge in [0.15, 0.2) is 0 Å². The van der Waals surface area contributed by atoms with E-state index in [1.54, 1.807) is 0 Å². The maximum atomic E-state index is 3.91. The van der Waals surface area contributed by atoms with Gasteiger partial charge in [-0.15, -0.1) is 6.58 Å². The molecule has 0 radical (unpaired) electrons. The zero-order chi connectivity index (χ0) is 16.0. The van der Waals surface area contributed by atoms with Crippen LogP contribution in [0.25, 0.3) is 11.1 Å². The Bertz CT molecular complexity index is 607. The van der Waals surface area contributed by atoms with Gasteiger partial charge in [-0.25, -0.2) is 0 Å². The third-order valence-corrected chi connectivity index (χ3v) is 4.18. The summed E-state index contributed by atoms with van der Waals surface area (Å²) in [6.45, 7) is 8.22. The highest BCUT2D eigenvalue weighted by Crippen LogP contribution is 2.25. The van der Waals surface area contributed by atoms with Gasteiger partial charge in [0.1, 0.15) is 0 Å². The molecule has 0 spiro atoms. The Hall–Kier alpha value is -1.53. The average molecular weight is 407 g/mol. The Labute approximate surface area is 146 Å². The molecule has 0 amide bonds. The fourth-order valence-corrected chi connectivity index (χ4v) is 2.47. The first-order chi connectivity index (χ1) is 10.6. The topological polar surface area (TPSA) is 36.1 Å². The molecule has 116 valence electrons. The minimum atomic E-state index is -0.0682. The minimum absolute atomic E-state index is 0.0682. The SMILES string of the molecule is C=CC(C)(CC)Nc1ccc(-c2ccc(NNI)cc2)cc1. The first-order valence-corrected chi connectivity index (χ1v) is 8.42. The van der Waals surface area contributed by atoms with Crippen molar-refractivity contribution in [2.45, 2.75) is 25.8 Å². The van der Waals surface area contributed by atoms with Crippen LogP contribution < -0.4 is 14.4 Å². The van der Waals surface area contributed by atoms with Crippen LogP contribution in [0, 0.1) is 0 Å². The molecule has 0 aromatic heterocycles. The average Bonchev–Trinajstić information content (AvgIpc) is 2.56. The van der Waals surface area contributed by atoms with Crippen LogP contribution in [0.4, 0.5) is 11.4 Å². The van der Waals surface area contributed by atoms with Gasteiger partial charge in [0.2, 0.25) is 0 Å². The highest BCUT2D eigenvalue weighted by atomic mass is 127. The summed E-state index contributed by atoms with van der Waals surface area (Å²) in [5.74, 6) is 0. The van der Waals surface area contributed by atoms with Crippen LogP contribution in [0.1, 0.15) is 20.3 Å². The molecule has 0 aliphatic rings. The lowest BCUT2D eigenvalue weighted by Gasteiger charge is -2.27. The molecule has 0 saturated heterocycles. The Morgan fingerprint density at radius 3 is 1.91 bits per heavy atom. The van der Waals surface area contributed by atoms with Crippen molar-refractivity contribution in [1.82, 2.24) is 3.64 Å². The van der Waals surface area contributed by atoms with E-state index < -0.39 is 0 Å². The number of hydrogen-bond acceptors (Lipinski definition) is 3. The van der Waals surface area contributed by atoms with Crippen LogP contribution in [0.3, 0.4) is 0 Å². The third-order valence-electron chi connectivity index (χ3n) is 3.91. The lowest BCUT2D eigenvalue weighted by Crippen LogP contribution is -2.30. The summed E-state index contributed by atoms with van der Waals surface area (Å²) in [5.41, 5.74) is 7.54. The maximum Gasteiger partial charge on any atom is 0.0522 e. The smallest absolute Gasteiger partial charge is 0.0522 e. The van der Waals surface area contributed by atoms with Gasteiger partial charge in [0.05, 0.1) is 5.54 Å². The molecular formula is C18H22IN3. The standard InChI is InChI=1S/C18H22IN3/c1-4-18(3,5-2)20-16-10-6-14(7-11-16)15-8-12-17(13-9-15)21-22-19/h4,6-13,20-22H,1,5H2,2-3H3. The molecule has 0 aliphatic carbocycles. The number of benzene rings is 2. The molecule has 1 atom stereocenters. The van der Waals surface area contributed by atoms with E-state index in [2.05, 4.69) is 106 Å². The summed E-state index contributed by atoms with van der Waals surface area (Å²) in [6.07, 6.45) is 2.96. The van der Waals surface area contributed by atoms with Crippen LogP contribution in [0.2, 0.25) is 0 Å². The van der Waals surface area contributed by atoms with Crippen molar-refractivity contribution in [3.8, 4) is 11.1 Å². The van der Waals surface area contributed by atoms with Gasteiger partial charge in [0.25, 0.3) is 0 Å². The van der Waals surface area contributed by atoms with E-state index in [1.165, 1.54) is 11.1 Å². The van der Waals surface area contributed by atoms with Crippen molar-refractivity contribution in [1.29, 1.82) is 0 Å². The molecule has 2 aromatic carbocycles. The second kappa shape index (κ2) is 7.65. The van der Waals surface area contributed by atoms with Gasteiger partial charge in [-0.1, -0.05) is 37.3 Å². The molecule has 4 heteroatoms. The van der Waals surface area contributed by atoms with Gasteiger partial charge in [0, 0.05) is 34.2 Å². The fourth-order valence-electron chi connectivity index (χ4n) is 2.16. The van der Waals surface area contributed by atoms with Gasteiger partial charge in [-0.2, -0.15) is 3.64 Å². The Kier molecular flexibility index (Phi) is 5.85. The van der Waals surface area contributed by atoms with E-state index in [0.717, 1.165) is 17.8 Å². The van der Waals surface area contributed by atoms with Gasteiger partial charge in [-0.05, 0) is 48.7 Å². The van der Waals surface area contributed by atoms with Gasteiger partial charge in [-0.3, -0.25) is 0 Å². The number of nitrogens with one attached hydrogen (secondary N) is 3. The molecule has 0 aliphatic heterocycles. The number of hydrazine groups is 1. The van der Waals surface area contributed by atoms with E-state index >= 15 is 0 Å². The van der Waals surface area contributed by atoms with Crippen LogP contribution in [-0.2, 0) is 0 Å². The highest BCUT2D eigenvalue weighted by Gasteiger charge is 2.16. The first-order valence-electron chi connectivity index (χ1n) is 7.34. The molecule has 0 saturated carbocycles. The molecule has 1 unspecified atom stereocenters. The van der Waals surface area contributed by atoms with Crippen LogP contribution >= 0.6 is 22.9 Å². The van der Waals surface area contributed by atoms with Crippen molar-refractivity contribution in [3.63, 3.8) is 0 Å². The zero-order valence-corrected chi connectivity index (χ0v) is 15.1. The molecule has 22 heavy (non-hydrogen) atoms. The van der Waals surface area contributed by atoms with E-state index in [4.69, 9.17) is 0 Å². The second-order valence-corrected chi connectivity index (χ2v) is 6.01. The normalized spacial score (nSPS) is 13.2. The van der Waals surface area contributed by atoms with Crippen LogP contribution in [0.15, 0.2) is 61.2 Å². The second-order valence-electron chi connectivity index (χ2n) is 5.47. The van der Waals surface area contributed by atoms with Crippen molar-refractivity contribution >= 4 is 34.2 Å². The van der Waals surface area contributed by atoms with Crippen molar-refractivity contribution in [2.24, 2.45) is 0 Å². The summed E-state index contributed by atoms with van der Waals surface area (Å²) in [6, 6.07) is 16.8. The van der Waals surface area contributed by atoms with Crippen molar-refractivity contribution < 1.29 is 0 Å². The monoisotopic (exact) mass is 407 g/mol. The number of halogens is 1. The molecule has 2 aromatic rings. The van der Waals surface area contributed by atoms with Crippen molar-refractivity contribution in [3.05, 3.63) is 61.2 Å². The molecule has 3 N–H and O–H groups in total. The predicted octanol–water partition coefficient (Wildman–Crippen LogP) is 5.39. The zero-order valence-electron chi connectivity index (χ0n) is 13.0. The Morgan fingerprint density at radius 1 is 1.00 bits per heavy atom. The van der Waals surface area contributed by atoms with Gasteiger partial charge >= 0.3 is 0 Å². The molecule has 2 rings (SSSR count). The number of hydrogen-bond donors (Lipinski definition) is 3. The fraction of sp³-hybridized carbons (Fsp3) is 0.222. The summed E-state index contributed by atoms with van der Waals surface area (Å²) >= 11 is 2.06. The van der Waals surface area contributed by atoms with Gasteiger partial charge < -0.3 is 10.7 Å². The van der Waals surface area contributed by atoms with E-state index in [0.29, 0.717) is 0 Å². The van der Waals surface area contributed by atoms with Crippen molar-refractivity contribution in [2.75, 3.05) is 10.7 Å². The summed E-state index contributed by atoms with van der Waals surface area (Å²) in [4.78, 5) is 0. The van der Waals surface area contributed by atoms with E-state index in [1.807, 2.05) is 6.08 Å². The van der Waals surface area contributed by atoms with E-state index in [-0.39, 0.29) is 5.54 Å². The molecular weight excluding hydrogens is 385 g/mol. The van der Waals surface area contributed by atoms with Crippen LogP contribution in [0.5, 0.6) is 0 Å². The maximum absolute atomic E-state index is 3.91. The molecule has 0 bridgehead atoms. The number of rotatable bonds is 7. The Balaban J connectivity index is 2.13. The lowest BCUT2D eigenvalue weighted by atomic mass is 9.98. The quantitative estimate of drug-likeness (QED) is 0.249. The molecule has 0 heterocycles. The summed E-state index contributed by atoms with van der Waals surface area (Å²) in [5, 5.41) is 3.52. The summed E-state index contributed by atoms with van der Waals surface area (Å²) in [7, 11) is 0.